The van der Waals surface area contributed by atoms with Crippen LogP contribution in [-0.2, 0) is 14.3 Å². The van der Waals surface area contributed by atoms with E-state index in [9.17, 15) is 4.79 Å². The first kappa shape index (κ1) is 26.3. The maximum Gasteiger partial charge on any atom is 0.332 e. The molecule has 0 aliphatic heterocycles. The second-order valence-corrected chi connectivity index (χ2v) is 8.74. The summed E-state index contributed by atoms with van der Waals surface area (Å²) in [6, 6.07) is 20.5. The van der Waals surface area contributed by atoms with E-state index in [0.717, 1.165) is 47.7 Å². The number of carbonyl (C=O) groups is 1. The number of ether oxygens (including phenoxy) is 2. The second-order valence-electron chi connectivity index (χ2n) is 8.74. The first-order chi connectivity index (χ1) is 17.0. The third kappa shape index (κ3) is 8.16. The lowest BCUT2D eigenvalue weighted by atomic mass is 10.0. The first-order valence-corrected chi connectivity index (χ1v) is 12.1. The van der Waals surface area contributed by atoms with Gasteiger partial charge in [-0.25, -0.2) is 9.78 Å². The number of benzene rings is 2. The average molecular weight is 478 g/mol. The molecule has 2 aromatic carbocycles. The van der Waals surface area contributed by atoms with E-state index < -0.39 is 12.1 Å². The Morgan fingerprint density at radius 2 is 1.57 bits per heavy atom. The Kier molecular flexibility index (Phi) is 10.2. The normalized spacial score (nSPS) is 11.9. The third-order valence-corrected chi connectivity index (χ3v) is 5.41. The summed E-state index contributed by atoms with van der Waals surface area (Å²) in [4.78, 5) is 23.7. The number of carbonyl (C=O) groups excluding carboxylic acids is 1. The minimum atomic E-state index is -0.673. The van der Waals surface area contributed by atoms with E-state index in [2.05, 4.69) is 43.0 Å². The summed E-state index contributed by atoms with van der Waals surface area (Å²) in [6.45, 7) is 6.99. The van der Waals surface area contributed by atoms with Crippen LogP contribution in [0.3, 0.4) is 0 Å². The van der Waals surface area contributed by atoms with Crippen molar-refractivity contribution in [2.45, 2.75) is 45.8 Å². The summed E-state index contributed by atoms with van der Waals surface area (Å²) in [6.07, 6.45) is 2.86. The van der Waals surface area contributed by atoms with Crippen LogP contribution >= 0.6 is 0 Å². The maximum atomic E-state index is 11.6. The van der Waals surface area contributed by atoms with Gasteiger partial charge < -0.3 is 19.5 Å². The predicted molar refractivity (Wildman–Crippen MR) is 138 cm³/mol. The molecule has 1 atom stereocenters. The van der Waals surface area contributed by atoms with Gasteiger partial charge in [0.2, 0.25) is 0 Å². The molecule has 35 heavy (non-hydrogen) atoms. The summed E-state index contributed by atoms with van der Waals surface area (Å²) in [5.41, 5.74) is 3.78. The molecule has 0 aliphatic carbocycles. The number of hydrogen-bond acceptors (Lipinski definition) is 7. The second kappa shape index (κ2) is 13.6. The van der Waals surface area contributed by atoms with Gasteiger partial charge in [0.05, 0.1) is 23.7 Å². The number of nitrogens with zero attached hydrogens (tertiary/aromatic N) is 3. The zero-order valence-corrected chi connectivity index (χ0v) is 20.8. The van der Waals surface area contributed by atoms with Gasteiger partial charge in [-0.2, -0.15) is 0 Å². The highest BCUT2D eigenvalue weighted by Crippen LogP contribution is 2.30. The van der Waals surface area contributed by atoms with Crippen LogP contribution in [0.5, 0.6) is 0 Å². The Morgan fingerprint density at radius 1 is 0.943 bits per heavy atom. The lowest BCUT2D eigenvalue weighted by Crippen LogP contribution is -2.33. The van der Waals surface area contributed by atoms with Crippen molar-refractivity contribution in [1.29, 1.82) is 0 Å². The number of aliphatic hydroxyl groups excluding tert-OH is 1. The van der Waals surface area contributed by atoms with Crippen LogP contribution in [0.2, 0.25) is 0 Å². The molecule has 0 amide bonds. The Labute approximate surface area is 207 Å². The largest absolute Gasteiger partial charge is 0.461 e. The Bertz CT molecular complexity index is 1040. The van der Waals surface area contributed by atoms with Gasteiger partial charge >= 0.3 is 5.97 Å². The van der Waals surface area contributed by atoms with Gasteiger partial charge in [-0.3, -0.25) is 4.98 Å². The number of aliphatic hydroxyl groups is 1. The van der Waals surface area contributed by atoms with Gasteiger partial charge in [-0.15, -0.1) is 0 Å². The molecule has 0 aliphatic rings. The van der Waals surface area contributed by atoms with Crippen molar-refractivity contribution in [3.8, 4) is 22.5 Å². The van der Waals surface area contributed by atoms with Crippen LogP contribution in [0.1, 0.15) is 33.6 Å². The number of rotatable bonds is 13. The average Bonchev–Trinajstić information content (AvgIpc) is 2.87. The Balaban J connectivity index is 1.66. The highest BCUT2D eigenvalue weighted by atomic mass is 16.6. The summed E-state index contributed by atoms with van der Waals surface area (Å²) < 4.78 is 10.3. The lowest BCUT2D eigenvalue weighted by Gasteiger charge is -2.28. The zero-order chi connectivity index (χ0) is 25.0. The SMILES string of the molecule is CC(O)COC(=O)COCCCCN(c1cnc(-c2ccccc2)c(-c2ccccc2)n1)C(C)C. The number of esters is 1. The zero-order valence-electron chi connectivity index (χ0n) is 20.8. The van der Waals surface area contributed by atoms with Crippen LogP contribution in [0.25, 0.3) is 22.5 Å². The van der Waals surface area contributed by atoms with E-state index in [4.69, 9.17) is 24.5 Å². The number of unbranched alkanes of at least 4 members (excludes halogenated alkanes) is 1. The van der Waals surface area contributed by atoms with E-state index in [1.807, 2.05) is 42.6 Å². The molecule has 3 rings (SSSR count). The van der Waals surface area contributed by atoms with E-state index in [-0.39, 0.29) is 19.3 Å². The molecule has 0 bridgehead atoms. The van der Waals surface area contributed by atoms with Gasteiger partial charge in [-0.1, -0.05) is 60.7 Å². The molecule has 0 saturated heterocycles. The topological polar surface area (TPSA) is 84.8 Å². The molecule has 1 aromatic heterocycles. The van der Waals surface area contributed by atoms with Crippen LogP contribution in [0.4, 0.5) is 5.82 Å². The summed E-state index contributed by atoms with van der Waals surface area (Å²) in [5.74, 6) is 0.373. The van der Waals surface area contributed by atoms with E-state index in [0.29, 0.717) is 6.61 Å². The Morgan fingerprint density at radius 3 is 2.17 bits per heavy atom. The Hall–Kier alpha value is -3.29. The smallest absolute Gasteiger partial charge is 0.332 e. The van der Waals surface area contributed by atoms with Crippen molar-refractivity contribution in [1.82, 2.24) is 9.97 Å². The third-order valence-electron chi connectivity index (χ3n) is 5.41. The van der Waals surface area contributed by atoms with Crippen LogP contribution in [0.15, 0.2) is 66.9 Å². The number of aromatic nitrogens is 2. The molecule has 0 radical (unpaired) electrons. The highest BCUT2D eigenvalue weighted by Gasteiger charge is 2.17. The highest BCUT2D eigenvalue weighted by molar-refractivity contribution is 5.78. The monoisotopic (exact) mass is 477 g/mol. The van der Waals surface area contributed by atoms with Gasteiger partial charge in [-0.05, 0) is 33.6 Å². The van der Waals surface area contributed by atoms with Crippen molar-refractivity contribution >= 4 is 11.8 Å². The minimum Gasteiger partial charge on any atom is -0.461 e. The summed E-state index contributed by atoms with van der Waals surface area (Å²) in [5, 5.41) is 9.16. The molecule has 1 N–H and O–H groups in total. The van der Waals surface area contributed by atoms with E-state index >= 15 is 0 Å². The molecule has 3 aromatic rings. The van der Waals surface area contributed by atoms with Gasteiger partial charge in [0.15, 0.2) is 0 Å². The minimum absolute atomic E-state index is 0.0133. The van der Waals surface area contributed by atoms with Crippen LogP contribution in [-0.4, -0.2) is 59.6 Å². The number of hydrogen-bond donors (Lipinski definition) is 1. The summed E-state index contributed by atoms with van der Waals surface area (Å²) >= 11 is 0. The standard InChI is InChI=1S/C28H35N3O4/c1-21(2)31(16-10-11-17-34-20-26(33)35-19-22(3)32)25-18-29-27(23-12-6-4-7-13-23)28(30-25)24-14-8-5-9-15-24/h4-9,12-15,18,21-22,32H,10-11,16-17,19-20H2,1-3H3. The lowest BCUT2D eigenvalue weighted by molar-refractivity contribution is -0.151. The quantitative estimate of drug-likeness (QED) is 0.281. The fourth-order valence-corrected chi connectivity index (χ4v) is 3.66. The van der Waals surface area contributed by atoms with E-state index in [1.165, 1.54) is 0 Å². The van der Waals surface area contributed by atoms with Gasteiger partial charge in [0.25, 0.3) is 0 Å². The van der Waals surface area contributed by atoms with Crippen molar-refractivity contribution in [2.75, 3.05) is 31.3 Å². The van der Waals surface area contributed by atoms with Crippen molar-refractivity contribution in [3.63, 3.8) is 0 Å². The molecule has 1 unspecified atom stereocenters. The molecule has 0 saturated carbocycles. The molecule has 0 spiro atoms. The molecule has 0 fully saturated rings. The molecular weight excluding hydrogens is 442 g/mol. The van der Waals surface area contributed by atoms with Crippen LogP contribution in [0, 0.1) is 0 Å². The maximum absolute atomic E-state index is 11.6. The molecule has 186 valence electrons. The fraction of sp³-hybridized carbons (Fsp3) is 0.393. The number of anilines is 1. The first-order valence-electron chi connectivity index (χ1n) is 12.1. The fourth-order valence-electron chi connectivity index (χ4n) is 3.66. The van der Waals surface area contributed by atoms with Crippen molar-refractivity contribution in [2.24, 2.45) is 0 Å². The van der Waals surface area contributed by atoms with Crippen molar-refractivity contribution in [3.05, 3.63) is 66.9 Å². The molecule has 7 nitrogen and oxygen atoms in total. The summed E-state index contributed by atoms with van der Waals surface area (Å²) in [7, 11) is 0. The predicted octanol–water partition coefficient (Wildman–Crippen LogP) is 4.75. The van der Waals surface area contributed by atoms with Crippen molar-refractivity contribution < 1.29 is 19.4 Å². The van der Waals surface area contributed by atoms with Gasteiger partial charge in [0.1, 0.15) is 19.0 Å². The van der Waals surface area contributed by atoms with Gasteiger partial charge in [0, 0.05) is 30.3 Å². The van der Waals surface area contributed by atoms with Crippen LogP contribution < -0.4 is 4.90 Å². The molecule has 1 heterocycles. The molecule has 7 heteroatoms. The van der Waals surface area contributed by atoms with E-state index in [1.54, 1.807) is 6.92 Å². The molecular formula is C28H35N3O4.